The second-order valence-corrected chi connectivity index (χ2v) is 20.7. The number of nitrogens with one attached hydrogen (secondary N) is 4. The number of halogens is 2. The van der Waals surface area contributed by atoms with Crippen LogP contribution in [0.4, 0.5) is 17.6 Å². The quantitative estimate of drug-likeness (QED) is 0.116. The third-order valence-electron chi connectivity index (χ3n) is 7.97. The van der Waals surface area contributed by atoms with E-state index in [0.29, 0.717) is 34.9 Å². The van der Waals surface area contributed by atoms with Gasteiger partial charge in [0.25, 0.3) is 0 Å². The van der Waals surface area contributed by atoms with Gasteiger partial charge in [0.15, 0.2) is 0 Å². The number of imidazole rings is 2. The molecule has 20 heteroatoms. The summed E-state index contributed by atoms with van der Waals surface area (Å²) in [6.07, 6.45) is 5.63. The summed E-state index contributed by atoms with van der Waals surface area (Å²) in [5, 5.41) is 12.4. The Morgan fingerprint density at radius 2 is 1.48 bits per heavy atom. The number of nitrogens with zero attached hydrogens (tertiary/aromatic N) is 7. The fourth-order valence-electron chi connectivity index (χ4n) is 5.45. The number of anilines is 3. The Labute approximate surface area is 331 Å². The molecule has 2 aliphatic heterocycles. The van der Waals surface area contributed by atoms with Gasteiger partial charge in [0.2, 0.25) is 0 Å². The number of hydrogen-bond acceptors (Lipinski definition) is 11. The minimum absolute atomic E-state index is 0.0272. The van der Waals surface area contributed by atoms with Crippen LogP contribution in [0.3, 0.4) is 0 Å². The number of aromatic nitrogens is 9. The molecule has 2 unspecified atom stereocenters. The van der Waals surface area contributed by atoms with Crippen molar-refractivity contribution in [3.63, 3.8) is 0 Å². The second kappa shape index (κ2) is 17.3. The van der Waals surface area contributed by atoms with E-state index in [1.54, 1.807) is 28.3 Å². The number of hydrogen-bond donors (Lipinski definition) is 5. The van der Waals surface area contributed by atoms with E-state index in [2.05, 4.69) is 50.5 Å². The molecule has 52 heavy (non-hydrogen) atoms. The molecule has 2 fully saturated rings. The summed E-state index contributed by atoms with van der Waals surface area (Å²) in [6, 6.07) is 15.8. The number of carbonyl (C=O) groups excluding carboxylic acids is 1. The topological polar surface area (TPSA) is 198 Å². The number of H-pyrrole nitrogens is 2. The zero-order chi connectivity index (χ0) is 36.0. The van der Waals surface area contributed by atoms with Crippen molar-refractivity contribution in [3.8, 4) is 5.95 Å². The zero-order valence-corrected chi connectivity index (χ0v) is 35.4. The molecular formula is C32H30Cl2N12O2Se4. The number of nitrogen functional groups attached to an aromatic ring is 1. The van der Waals surface area contributed by atoms with E-state index in [9.17, 15) is 9.59 Å². The number of rotatable bonds is 7. The fraction of sp³-hybridized carbons (Fsp3) is 0.250. The Bertz CT molecular complexity index is 2390. The van der Waals surface area contributed by atoms with E-state index >= 15 is 0 Å². The van der Waals surface area contributed by atoms with E-state index in [4.69, 9.17) is 27.4 Å². The molecule has 14 nitrogen and oxygen atoms in total. The third-order valence-corrected chi connectivity index (χ3v) is 17.2. The van der Waals surface area contributed by atoms with Crippen LogP contribution in [0.25, 0.3) is 37.9 Å². The van der Waals surface area contributed by atoms with Gasteiger partial charge in [0.05, 0.1) is 0 Å². The SMILES string of the molecule is Nc1nc(NC2CC[Se]C2)c2[nH]cnc2n1.O=C(Cl)c1ccccc1[Se]Cl.O=c1c2ccccc2[se]n1-c1nc(NC2CC[Se]C2)c2[nH]cnc2n1. The Morgan fingerprint density at radius 1 is 0.865 bits per heavy atom. The molecule has 0 spiro atoms. The van der Waals surface area contributed by atoms with Crippen LogP contribution >= 0.6 is 21.7 Å². The third kappa shape index (κ3) is 8.58. The van der Waals surface area contributed by atoms with Gasteiger partial charge in [-0.25, -0.2) is 0 Å². The van der Waals surface area contributed by atoms with Gasteiger partial charge in [-0.15, -0.1) is 0 Å². The average molecular weight is 1000 g/mol. The normalized spacial score (nSPS) is 16.7. The summed E-state index contributed by atoms with van der Waals surface area (Å²) < 4.78 is 3.59. The van der Waals surface area contributed by atoms with Crippen LogP contribution in [0, 0.1) is 0 Å². The summed E-state index contributed by atoms with van der Waals surface area (Å²) in [5.41, 5.74) is 9.00. The zero-order valence-electron chi connectivity index (χ0n) is 27.1. The molecule has 0 aliphatic carbocycles. The van der Waals surface area contributed by atoms with Crippen molar-refractivity contribution in [3.05, 3.63) is 77.1 Å². The summed E-state index contributed by atoms with van der Waals surface area (Å²) >= 11 is 6.46. The van der Waals surface area contributed by atoms with E-state index in [0.717, 1.165) is 66.7 Å². The molecule has 7 heterocycles. The first-order valence-corrected chi connectivity index (χ1v) is 25.9. The van der Waals surface area contributed by atoms with Crippen molar-refractivity contribution in [1.82, 2.24) is 43.4 Å². The van der Waals surface area contributed by atoms with E-state index < -0.39 is 5.24 Å². The van der Waals surface area contributed by atoms with Gasteiger partial charge in [-0.1, -0.05) is 0 Å². The van der Waals surface area contributed by atoms with Crippen molar-refractivity contribution in [1.29, 1.82) is 0 Å². The van der Waals surface area contributed by atoms with Crippen LogP contribution in [-0.2, 0) is 0 Å². The van der Waals surface area contributed by atoms with Crippen LogP contribution < -0.4 is 26.4 Å². The molecule has 0 radical (unpaired) electrons. The molecular weight excluding hydrogens is 971 g/mol. The Balaban J connectivity index is 0.000000134. The predicted octanol–water partition coefficient (Wildman–Crippen LogP) is 3.65. The molecule has 6 N–H and O–H groups in total. The van der Waals surface area contributed by atoms with Gasteiger partial charge in [0.1, 0.15) is 0 Å². The first kappa shape index (κ1) is 37.1. The molecule has 0 bridgehead atoms. The second-order valence-electron chi connectivity index (χ2n) is 11.4. The maximum absolute atomic E-state index is 12.7. The summed E-state index contributed by atoms with van der Waals surface area (Å²) in [4.78, 5) is 55.5. The van der Waals surface area contributed by atoms with E-state index in [-0.39, 0.29) is 40.3 Å². The number of nitrogens with two attached hydrogens (primary N) is 1. The van der Waals surface area contributed by atoms with E-state index in [1.807, 2.05) is 36.4 Å². The van der Waals surface area contributed by atoms with Gasteiger partial charge in [-0.3, -0.25) is 0 Å². The van der Waals surface area contributed by atoms with Gasteiger partial charge in [-0.2, -0.15) is 0 Å². The molecule has 268 valence electrons. The molecule has 0 saturated carbocycles. The summed E-state index contributed by atoms with van der Waals surface area (Å²) in [6.45, 7) is 0. The molecule has 9 rings (SSSR count). The maximum atomic E-state index is 12.7. The van der Waals surface area contributed by atoms with Crippen molar-refractivity contribution in [2.24, 2.45) is 0 Å². The first-order valence-electron chi connectivity index (χ1n) is 15.9. The van der Waals surface area contributed by atoms with Crippen LogP contribution in [0.5, 0.6) is 0 Å². The number of aromatic amines is 2. The van der Waals surface area contributed by atoms with Crippen molar-refractivity contribution in [2.75, 3.05) is 16.4 Å². The van der Waals surface area contributed by atoms with Gasteiger partial charge >= 0.3 is 334 Å². The minimum atomic E-state index is -0.442. The monoisotopic (exact) mass is 1000 g/mol. The predicted molar refractivity (Wildman–Crippen MR) is 210 cm³/mol. The molecule has 2 atom stereocenters. The number of carbonyl (C=O) groups is 1. The van der Waals surface area contributed by atoms with E-state index in [1.165, 1.54) is 34.1 Å². The van der Waals surface area contributed by atoms with Crippen LogP contribution in [0.15, 0.2) is 66.0 Å². The van der Waals surface area contributed by atoms with Crippen LogP contribution in [0.1, 0.15) is 23.2 Å². The van der Waals surface area contributed by atoms with Gasteiger partial charge < -0.3 is 0 Å². The average Bonchev–Trinajstić information content (AvgIpc) is 4.01. The number of fused-ring (bicyclic) bond motifs is 3. The fourth-order valence-corrected chi connectivity index (χ4v) is 14.0. The Hall–Kier alpha value is -3.26. The molecule has 5 aromatic heterocycles. The Morgan fingerprint density at radius 3 is 2.08 bits per heavy atom. The standard InChI is InChI=1S/C16H14N6OSe2.C9H12N6Se.C7H4Cl2OSe/c23-15-10-3-1-2-4-11(10)25-22(15)16-20-13-12(17-8-18-13)14(21-16)19-9-5-6-24-7-9;10-9-14-7-6(11-4-12-7)8(15-9)13-5-1-2-16-3-5;8-7(10)5-3-1-2-4-6(5)11-9/h1-4,8-9H,5-7H2,(H2,17,18,19,20,21);4-5H,1-3H2,(H4,10,11,12,13,14,15);1-4H. The van der Waals surface area contributed by atoms with Gasteiger partial charge in [0, 0.05) is 0 Å². The molecule has 7 aromatic rings. The molecule has 2 aromatic carbocycles. The first-order chi connectivity index (χ1) is 25.4. The van der Waals surface area contributed by atoms with Crippen molar-refractivity contribution < 1.29 is 4.79 Å². The Kier molecular flexibility index (Phi) is 12.3. The number of benzene rings is 2. The van der Waals surface area contributed by atoms with Gasteiger partial charge in [-0.05, 0) is 0 Å². The van der Waals surface area contributed by atoms with Crippen molar-refractivity contribution >= 4 is 140 Å². The summed E-state index contributed by atoms with van der Waals surface area (Å²) in [7, 11) is 5.63. The molecule has 2 saturated heterocycles. The summed E-state index contributed by atoms with van der Waals surface area (Å²) in [5.74, 6) is 2.24. The van der Waals surface area contributed by atoms with Crippen molar-refractivity contribution in [2.45, 2.75) is 46.2 Å². The molecule has 0 amide bonds. The van der Waals surface area contributed by atoms with Crippen LogP contribution in [-0.4, -0.2) is 119 Å². The molecule has 2 aliphatic rings. The van der Waals surface area contributed by atoms with Crippen LogP contribution in [0.2, 0.25) is 21.3 Å².